The van der Waals surface area contributed by atoms with Crippen molar-refractivity contribution in [2.45, 2.75) is 13.0 Å². The van der Waals surface area contributed by atoms with Crippen LogP contribution in [0.1, 0.15) is 18.5 Å². The van der Waals surface area contributed by atoms with Gasteiger partial charge in [-0.3, -0.25) is 0 Å². The van der Waals surface area contributed by atoms with Gasteiger partial charge in [0.15, 0.2) is 0 Å². The van der Waals surface area contributed by atoms with Gasteiger partial charge in [0, 0.05) is 6.61 Å². The third-order valence-electron chi connectivity index (χ3n) is 1.58. The summed E-state index contributed by atoms with van der Waals surface area (Å²) < 4.78 is 7.42. The maximum Gasteiger partial charge on any atom is 0.0759 e. The molecule has 0 aromatic carbocycles. The lowest BCUT2D eigenvalue weighted by molar-refractivity contribution is 0.133. The van der Waals surface area contributed by atoms with Crippen molar-refractivity contribution >= 4 is 43.2 Å². The zero-order chi connectivity index (χ0) is 9.84. The van der Waals surface area contributed by atoms with Crippen LogP contribution in [0.15, 0.2) is 13.6 Å². The van der Waals surface area contributed by atoms with E-state index in [1.54, 1.807) is 11.3 Å². The summed E-state index contributed by atoms with van der Waals surface area (Å²) in [5.74, 6) is 0. The van der Waals surface area contributed by atoms with Crippen LogP contribution < -0.4 is 5.73 Å². The summed E-state index contributed by atoms with van der Waals surface area (Å²) in [5, 5.41) is 0. The second-order valence-corrected chi connectivity index (χ2v) is 6.29. The molecule has 0 saturated carbocycles. The van der Waals surface area contributed by atoms with Crippen LogP contribution in [0, 0.1) is 0 Å². The first kappa shape index (κ1) is 11.7. The Morgan fingerprint density at radius 1 is 1.62 bits per heavy atom. The molecule has 0 spiro atoms. The average molecular weight is 329 g/mol. The summed E-state index contributed by atoms with van der Waals surface area (Å²) in [5.41, 5.74) is 7.03. The quantitative estimate of drug-likeness (QED) is 0.920. The van der Waals surface area contributed by atoms with Crippen LogP contribution in [0.5, 0.6) is 0 Å². The van der Waals surface area contributed by atoms with Crippen molar-refractivity contribution in [2.24, 2.45) is 5.73 Å². The molecule has 1 rings (SSSR count). The number of ether oxygens (including phenoxy) is 1. The second kappa shape index (κ2) is 5.46. The number of thiophene rings is 1. The molecule has 1 aromatic heterocycles. The maximum atomic E-state index is 5.93. The van der Waals surface area contributed by atoms with Gasteiger partial charge >= 0.3 is 0 Å². The van der Waals surface area contributed by atoms with Gasteiger partial charge in [0.1, 0.15) is 0 Å². The largest absolute Gasteiger partial charge is 0.380 e. The topological polar surface area (TPSA) is 35.2 Å². The number of nitrogens with two attached hydrogens (primary N) is 1. The minimum absolute atomic E-state index is 0.0446. The molecular formula is C8H11Br2NOS. The molecule has 1 unspecified atom stereocenters. The Kier molecular flexibility index (Phi) is 4.89. The zero-order valence-corrected chi connectivity index (χ0v) is 11.2. The van der Waals surface area contributed by atoms with E-state index in [2.05, 4.69) is 31.9 Å². The van der Waals surface area contributed by atoms with E-state index >= 15 is 0 Å². The number of halogens is 2. The van der Waals surface area contributed by atoms with Crippen molar-refractivity contribution in [1.82, 2.24) is 0 Å². The average Bonchev–Trinajstić information content (AvgIpc) is 2.41. The number of hydrogen-bond acceptors (Lipinski definition) is 3. The van der Waals surface area contributed by atoms with Crippen LogP contribution in [0.4, 0.5) is 0 Å². The molecular weight excluding hydrogens is 318 g/mol. The lowest BCUT2D eigenvalue weighted by Gasteiger charge is -2.09. The first-order chi connectivity index (χ1) is 6.15. The summed E-state index contributed by atoms with van der Waals surface area (Å²) in [7, 11) is 0. The third-order valence-corrected chi connectivity index (χ3v) is 3.97. The van der Waals surface area contributed by atoms with Gasteiger partial charge in [-0.25, -0.2) is 0 Å². The predicted octanol–water partition coefficient (Wildman–Crippen LogP) is 3.31. The molecule has 0 amide bonds. The highest BCUT2D eigenvalue weighted by atomic mass is 79.9. The molecule has 0 radical (unpaired) electrons. The molecule has 0 aliphatic rings. The van der Waals surface area contributed by atoms with Gasteiger partial charge in [0.05, 0.1) is 20.2 Å². The summed E-state index contributed by atoms with van der Waals surface area (Å²) in [6.07, 6.45) is 0. The van der Waals surface area contributed by atoms with Crippen LogP contribution >= 0.6 is 43.2 Å². The van der Waals surface area contributed by atoms with Crippen LogP contribution in [0.25, 0.3) is 0 Å². The van der Waals surface area contributed by atoms with Crippen molar-refractivity contribution in [2.75, 3.05) is 13.2 Å². The van der Waals surface area contributed by atoms with E-state index in [1.165, 1.54) is 0 Å². The molecule has 2 N–H and O–H groups in total. The molecule has 1 aromatic rings. The first-order valence-corrected chi connectivity index (χ1v) is 6.33. The molecule has 13 heavy (non-hydrogen) atoms. The normalized spacial score (nSPS) is 13.2. The van der Waals surface area contributed by atoms with Crippen molar-refractivity contribution in [3.8, 4) is 0 Å². The molecule has 0 aliphatic carbocycles. The summed E-state index contributed by atoms with van der Waals surface area (Å²) in [6, 6.07) is 1.98. The third kappa shape index (κ3) is 3.32. The highest BCUT2D eigenvalue weighted by molar-refractivity contribution is 9.12. The Morgan fingerprint density at radius 3 is 2.77 bits per heavy atom. The Bertz CT molecular complexity index is 277. The summed E-state index contributed by atoms with van der Waals surface area (Å²) in [6.45, 7) is 3.24. The molecule has 0 saturated heterocycles. The fourth-order valence-electron chi connectivity index (χ4n) is 0.940. The van der Waals surface area contributed by atoms with E-state index in [0.717, 1.165) is 13.1 Å². The van der Waals surface area contributed by atoms with Gasteiger partial charge in [-0.1, -0.05) is 0 Å². The Hall–Kier alpha value is 0.580. The standard InChI is InChI=1S/C8H11Br2NOS/c1-2-12-4-6(11)5-3-7(9)13-8(5)10/h3,6H,2,4,11H2,1H3. The fourth-order valence-corrected chi connectivity index (χ4v) is 3.94. The van der Waals surface area contributed by atoms with E-state index in [0.29, 0.717) is 13.2 Å². The van der Waals surface area contributed by atoms with Crippen molar-refractivity contribution in [3.05, 3.63) is 19.2 Å². The minimum Gasteiger partial charge on any atom is -0.380 e. The van der Waals surface area contributed by atoms with Crippen LogP contribution in [0.2, 0.25) is 0 Å². The Balaban J connectivity index is 2.64. The molecule has 5 heteroatoms. The van der Waals surface area contributed by atoms with Crippen LogP contribution in [0.3, 0.4) is 0 Å². The molecule has 0 aliphatic heterocycles. The minimum atomic E-state index is -0.0446. The van der Waals surface area contributed by atoms with E-state index in [1.807, 2.05) is 13.0 Å². The Labute approximate surface area is 98.7 Å². The smallest absolute Gasteiger partial charge is 0.0759 e. The van der Waals surface area contributed by atoms with E-state index in [4.69, 9.17) is 10.5 Å². The summed E-state index contributed by atoms with van der Waals surface area (Å²) in [4.78, 5) is 0. The molecule has 0 bridgehead atoms. The lowest BCUT2D eigenvalue weighted by Crippen LogP contribution is -2.16. The zero-order valence-electron chi connectivity index (χ0n) is 7.22. The number of rotatable bonds is 4. The Morgan fingerprint density at radius 2 is 2.31 bits per heavy atom. The van der Waals surface area contributed by atoms with E-state index in [-0.39, 0.29) is 6.04 Å². The van der Waals surface area contributed by atoms with Crippen molar-refractivity contribution in [3.63, 3.8) is 0 Å². The van der Waals surface area contributed by atoms with Gasteiger partial charge in [-0.05, 0) is 50.4 Å². The highest BCUT2D eigenvalue weighted by Crippen LogP contribution is 2.34. The molecule has 1 heterocycles. The lowest BCUT2D eigenvalue weighted by atomic mass is 10.2. The van der Waals surface area contributed by atoms with Crippen LogP contribution in [-0.4, -0.2) is 13.2 Å². The van der Waals surface area contributed by atoms with Gasteiger partial charge in [0.2, 0.25) is 0 Å². The molecule has 0 fully saturated rings. The van der Waals surface area contributed by atoms with Gasteiger partial charge < -0.3 is 10.5 Å². The van der Waals surface area contributed by atoms with Gasteiger partial charge in [-0.2, -0.15) is 0 Å². The van der Waals surface area contributed by atoms with Crippen LogP contribution in [-0.2, 0) is 4.74 Å². The van der Waals surface area contributed by atoms with Gasteiger partial charge in [0.25, 0.3) is 0 Å². The van der Waals surface area contributed by atoms with Crippen molar-refractivity contribution < 1.29 is 4.74 Å². The maximum absolute atomic E-state index is 5.93. The second-order valence-electron chi connectivity index (χ2n) is 2.55. The van der Waals surface area contributed by atoms with Gasteiger partial charge in [-0.15, -0.1) is 11.3 Å². The number of hydrogen-bond donors (Lipinski definition) is 1. The van der Waals surface area contributed by atoms with E-state index in [9.17, 15) is 0 Å². The fraction of sp³-hybridized carbons (Fsp3) is 0.500. The SMILES string of the molecule is CCOCC(N)c1cc(Br)sc1Br. The predicted molar refractivity (Wildman–Crippen MR) is 63.1 cm³/mol. The molecule has 2 nitrogen and oxygen atoms in total. The molecule has 74 valence electrons. The first-order valence-electron chi connectivity index (χ1n) is 3.93. The van der Waals surface area contributed by atoms with E-state index < -0.39 is 0 Å². The summed E-state index contributed by atoms with van der Waals surface area (Å²) >= 11 is 8.50. The monoisotopic (exact) mass is 327 g/mol. The molecule has 1 atom stereocenters. The van der Waals surface area contributed by atoms with Crippen molar-refractivity contribution in [1.29, 1.82) is 0 Å². The highest BCUT2D eigenvalue weighted by Gasteiger charge is 2.12.